The zero-order valence-corrected chi connectivity index (χ0v) is 24.7. The lowest BCUT2D eigenvalue weighted by Gasteiger charge is -2.10. The maximum atomic E-state index is 11.6. The van der Waals surface area contributed by atoms with Crippen LogP contribution < -0.4 is 39.7 Å². The number of esters is 1. The van der Waals surface area contributed by atoms with Gasteiger partial charge in [-0.15, -0.1) is 0 Å². The minimum atomic E-state index is -4.44. The van der Waals surface area contributed by atoms with E-state index >= 15 is 0 Å². The maximum Gasteiger partial charge on any atom is 0.339 e. The van der Waals surface area contributed by atoms with Crippen molar-refractivity contribution < 1.29 is 40.8 Å². The number of methoxy groups -OCH3 is 1. The fourth-order valence-corrected chi connectivity index (χ4v) is 4.59. The van der Waals surface area contributed by atoms with Crippen molar-refractivity contribution in [1.82, 2.24) is 5.32 Å². The standard InChI is InChI=1S/C11H16N2O4S.C8H9NO2.C6H10N4O3S/c12-10-3-1-9(2-4-10)11(15)13-5-7-18(16,17)8-6-14;1-11-8(10)6-4-2-3-5-7(6)9;7-2-1-3(14(11,12)13)5(9)6(10)4(2)8/h1-4,14H,5-8,12H2,(H,13,15);2-5H,9H2,1H3;1H,7-10H2,(H,11,12,13). The Bertz CT molecular complexity index is 1630. The van der Waals surface area contributed by atoms with Gasteiger partial charge in [0.05, 0.1) is 53.5 Å². The Hall–Kier alpha value is -4.78. The smallest absolute Gasteiger partial charge is 0.339 e. The molecule has 0 saturated carbocycles. The second-order valence-electron chi connectivity index (χ2n) is 8.51. The lowest BCUT2D eigenvalue weighted by molar-refractivity contribution is 0.0601. The van der Waals surface area contributed by atoms with Gasteiger partial charge < -0.3 is 49.6 Å². The number of ether oxygens (including phenoxy) is 1. The largest absolute Gasteiger partial charge is 0.465 e. The Labute approximate surface area is 248 Å². The van der Waals surface area contributed by atoms with Crippen LogP contribution in [0.15, 0.2) is 59.5 Å². The van der Waals surface area contributed by atoms with E-state index in [2.05, 4.69) is 10.1 Å². The van der Waals surface area contributed by atoms with Crippen LogP contribution in [-0.2, 0) is 24.7 Å². The predicted molar refractivity (Wildman–Crippen MR) is 165 cm³/mol. The van der Waals surface area contributed by atoms with Gasteiger partial charge in [-0.3, -0.25) is 9.35 Å². The molecule has 0 aliphatic rings. The summed E-state index contributed by atoms with van der Waals surface area (Å²) in [6, 6.07) is 14.1. The van der Waals surface area contributed by atoms with E-state index in [-0.39, 0.29) is 46.7 Å². The number of hydrogen-bond donors (Lipinski definition) is 9. The van der Waals surface area contributed by atoms with Crippen LogP contribution in [0.3, 0.4) is 0 Å². The molecule has 0 heterocycles. The second-order valence-corrected chi connectivity index (χ2v) is 12.2. The summed E-state index contributed by atoms with van der Waals surface area (Å²) < 4.78 is 57.4. The highest BCUT2D eigenvalue weighted by Crippen LogP contribution is 2.34. The zero-order chi connectivity index (χ0) is 33.0. The van der Waals surface area contributed by atoms with Gasteiger partial charge in [0.25, 0.3) is 16.0 Å². The highest BCUT2D eigenvalue weighted by molar-refractivity contribution is 7.91. The lowest BCUT2D eigenvalue weighted by atomic mass is 10.2. The molecule has 43 heavy (non-hydrogen) atoms. The van der Waals surface area contributed by atoms with Gasteiger partial charge in [0.15, 0.2) is 9.84 Å². The van der Waals surface area contributed by atoms with Gasteiger partial charge in [-0.05, 0) is 42.5 Å². The average molecular weight is 642 g/mol. The molecule has 3 aromatic rings. The van der Waals surface area contributed by atoms with Crippen LogP contribution in [0.25, 0.3) is 0 Å². The van der Waals surface area contributed by atoms with Gasteiger partial charge in [0, 0.05) is 23.5 Å². The number of para-hydroxylation sites is 1. The topological polar surface area (TPSA) is 320 Å². The summed E-state index contributed by atoms with van der Waals surface area (Å²) in [5.41, 5.74) is 33.7. The van der Waals surface area contributed by atoms with Crippen molar-refractivity contribution in [2.75, 3.05) is 66.2 Å². The molecule has 0 fully saturated rings. The Morgan fingerprint density at radius 2 is 1.40 bits per heavy atom. The third-order valence-corrected chi connectivity index (χ3v) is 7.89. The predicted octanol–water partition coefficient (Wildman–Crippen LogP) is -0.277. The molecule has 0 bridgehead atoms. The molecule has 3 rings (SSSR count). The van der Waals surface area contributed by atoms with Crippen molar-refractivity contribution in [2.45, 2.75) is 4.90 Å². The minimum absolute atomic E-state index is 0.00472. The van der Waals surface area contributed by atoms with Crippen LogP contribution in [0.5, 0.6) is 0 Å². The molecule has 18 heteroatoms. The molecule has 0 aromatic heterocycles. The number of benzene rings is 3. The summed E-state index contributed by atoms with van der Waals surface area (Å²) in [5.74, 6) is -1.23. The SMILES string of the molecule is COC(=O)c1ccccc1N.Nc1cc(S(=O)(=O)O)c(N)c(N)c1N.Nc1ccc(C(=O)NCCS(=O)(=O)CCO)cc1. The molecule has 0 aliphatic heterocycles. The third-order valence-electron chi connectivity index (χ3n) is 5.36. The summed E-state index contributed by atoms with van der Waals surface area (Å²) in [6.45, 7) is -0.389. The van der Waals surface area contributed by atoms with Crippen molar-refractivity contribution in [1.29, 1.82) is 0 Å². The molecule has 0 saturated heterocycles. The fraction of sp³-hybridized carbons (Fsp3) is 0.200. The van der Waals surface area contributed by atoms with E-state index in [4.69, 9.17) is 44.1 Å². The first-order chi connectivity index (χ1) is 19.9. The molecular formula is C25H35N7O9S2. The van der Waals surface area contributed by atoms with Crippen LogP contribution >= 0.6 is 0 Å². The van der Waals surface area contributed by atoms with Gasteiger partial charge in [-0.1, -0.05) is 12.1 Å². The van der Waals surface area contributed by atoms with E-state index in [0.717, 1.165) is 6.07 Å². The number of hydrogen-bond acceptors (Lipinski definition) is 14. The van der Waals surface area contributed by atoms with Crippen molar-refractivity contribution >= 4 is 66.0 Å². The molecule has 16 nitrogen and oxygen atoms in total. The molecule has 0 unspecified atom stereocenters. The first-order valence-corrected chi connectivity index (χ1v) is 15.3. The van der Waals surface area contributed by atoms with Crippen LogP contribution in [0.2, 0.25) is 0 Å². The number of amides is 1. The Morgan fingerprint density at radius 1 is 0.814 bits per heavy atom. The van der Waals surface area contributed by atoms with Gasteiger partial charge in [-0.2, -0.15) is 8.42 Å². The van der Waals surface area contributed by atoms with E-state index in [1.807, 2.05) is 0 Å². The van der Waals surface area contributed by atoms with Crippen LogP contribution in [0.4, 0.5) is 34.1 Å². The van der Waals surface area contributed by atoms with Crippen LogP contribution in [-0.4, -0.2) is 70.1 Å². The zero-order valence-electron chi connectivity index (χ0n) is 23.1. The normalized spacial score (nSPS) is 10.8. The average Bonchev–Trinajstić information content (AvgIpc) is 2.94. The van der Waals surface area contributed by atoms with E-state index < -0.39 is 37.4 Å². The molecule has 3 aromatic carbocycles. The summed E-state index contributed by atoms with van der Waals surface area (Å²) in [5, 5.41) is 11.0. The first-order valence-electron chi connectivity index (χ1n) is 12.0. The molecule has 0 radical (unpaired) electrons. The van der Waals surface area contributed by atoms with Crippen molar-refractivity contribution in [3.63, 3.8) is 0 Å². The molecule has 1 amide bonds. The summed E-state index contributed by atoms with van der Waals surface area (Å²) in [6.07, 6.45) is 0. The number of nitrogens with one attached hydrogen (secondary N) is 1. The van der Waals surface area contributed by atoms with Gasteiger partial charge in [0.2, 0.25) is 0 Å². The summed E-state index contributed by atoms with van der Waals surface area (Å²) in [7, 11) is -6.41. The van der Waals surface area contributed by atoms with Gasteiger partial charge in [-0.25, -0.2) is 13.2 Å². The number of aliphatic hydroxyl groups excluding tert-OH is 1. The highest BCUT2D eigenvalue weighted by Gasteiger charge is 2.19. The fourth-order valence-electron chi connectivity index (χ4n) is 3.03. The van der Waals surface area contributed by atoms with E-state index in [9.17, 15) is 26.4 Å². The number of carbonyl (C=O) groups excluding carboxylic acids is 2. The van der Waals surface area contributed by atoms with E-state index in [1.165, 1.54) is 7.11 Å². The molecule has 0 atom stereocenters. The molecule has 0 aliphatic carbocycles. The lowest BCUT2D eigenvalue weighted by Crippen LogP contribution is -2.30. The molecule has 15 N–H and O–H groups in total. The van der Waals surface area contributed by atoms with Crippen molar-refractivity contribution in [3.8, 4) is 0 Å². The molecule has 236 valence electrons. The van der Waals surface area contributed by atoms with Crippen LogP contribution in [0.1, 0.15) is 20.7 Å². The van der Waals surface area contributed by atoms with Gasteiger partial charge in [0.1, 0.15) is 4.90 Å². The molecule has 0 spiro atoms. The molecular weight excluding hydrogens is 606 g/mol. The number of carbonyl (C=O) groups is 2. The Morgan fingerprint density at radius 3 is 1.91 bits per heavy atom. The Balaban J connectivity index is 0.000000332. The van der Waals surface area contributed by atoms with Gasteiger partial charge >= 0.3 is 5.97 Å². The van der Waals surface area contributed by atoms with E-state index in [1.54, 1.807) is 48.5 Å². The monoisotopic (exact) mass is 641 g/mol. The van der Waals surface area contributed by atoms with Crippen molar-refractivity contribution in [2.24, 2.45) is 0 Å². The van der Waals surface area contributed by atoms with Crippen LogP contribution in [0, 0.1) is 0 Å². The quantitative estimate of drug-likeness (QED) is 0.0867. The highest BCUT2D eigenvalue weighted by atomic mass is 32.2. The van der Waals surface area contributed by atoms with Crippen molar-refractivity contribution in [3.05, 3.63) is 65.7 Å². The second kappa shape index (κ2) is 16.0. The minimum Gasteiger partial charge on any atom is -0.465 e. The number of aliphatic hydroxyl groups is 1. The number of rotatable bonds is 8. The summed E-state index contributed by atoms with van der Waals surface area (Å²) >= 11 is 0. The third kappa shape index (κ3) is 11.6. The number of nitrogen functional groups attached to an aromatic ring is 6. The maximum absolute atomic E-state index is 11.6. The first kappa shape index (κ1) is 36.2. The number of nitrogens with two attached hydrogens (primary N) is 6. The number of sulfone groups is 1. The summed E-state index contributed by atoms with van der Waals surface area (Å²) in [4.78, 5) is 22.0. The van der Waals surface area contributed by atoms with E-state index in [0.29, 0.717) is 22.5 Å². The Kier molecular flexibility index (Phi) is 13.5. The number of anilines is 6.